The molecule has 0 saturated carbocycles. The number of nitrogens with two attached hydrogens (primary N) is 1. The molecule has 0 aliphatic carbocycles. The molecule has 0 saturated heterocycles. The highest BCUT2D eigenvalue weighted by molar-refractivity contribution is 7.89. The summed E-state index contributed by atoms with van der Waals surface area (Å²) in [4.78, 5) is 22.3. The predicted octanol–water partition coefficient (Wildman–Crippen LogP) is 0.694. The van der Waals surface area contributed by atoms with Crippen molar-refractivity contribution in [2.75, 3.05) is 5.32 Å². The number of nitrogens with one attached hydrogen (secondary N) is 1. The molecule has 1 heterocycles. The van der Waals surface area contributed by atoms with Crippen LogP contribution in [0.3, 0.4) is 0 Å². The number of benzene rings is 1. The van der Waals surface area contributed by atoms with Crippen LogP contribution >= 0.6 is 0 Å². The van der Waals surface area contributed by atoms with Gasteiger partial charge in [-0.2, -0.15) is 5.10 Å². The van der Waals surface area contributed by atoms with E-state index in [1.54, 1.807) is 0 Å². The molecule has 1 aromatic heterocycles. The van der Waals surface area contributed by atoms with Gasteiger partial charge in [-0.3, -0.25) is 19.6 Å². The molecule has 0 fully saturated rings. The maximum atomic E-state index is 12.0. The Morgan fingerprint density at radius 3 is 2.38 bits per heavy atom. The van der Waals surface area contributed by atoms with Crippen LogP contribution in [0.25, 0.3) is 0 Å². The Morgan fingerprint density at radius 1 is 1.33 bits per heavy atom. The Kier molecular flexibility index (Phi) is 4.66. The summed E-state index contributed by atoms with van der Waals surface area (Å²) < 4.78 is 23.6. The Morgan fingerprint density at radius 2 is 1.92 bits per heavy atom. The smallest absolute Gasteiger partial charge is 0.312 e. The number of rotatable bonds is 5. The molecule has 0 radical (unpaired) electrons. The summed E-state index contributed by atoms with van der Waals surface area (Å²) in [6.45, 7) is 2.79. The van der Waals surface area contributed by atoms with Crippen LogP contribution in [0.2, 0.25) is 0 Å². The minimum absolute atomic E-state index is 0.0744. The van der Waals surface area contributed by atoms with Gasteiger partial charge in [-0.1, -0.05) is 0 Å². The number of sulfonamides is 1. The Labute approximate surface area is 137 Å². The second-order valence-corrected chi connectivity index (χ2v) is 6.61. The number of aromatic nitrogens is 2. The minimum atomic E-state index is -3.80. The quantitative estimate of drug-likeness (QED) is 0.596. The predicted molar refractivity (Wildman–Crippen MR) is 84.8 cm³/mol. The van der Waals surface area contributed by atoms with Crippen molar-refractivity contribution in [2.24, 2.45) is 5.14 Å². The lowest BCUT2D eigenvalue weighted by Gasteiger charge is -2.07. The molecule has 2 rings (SSSR count). The third-order valence-corrected chi connectivity index (χ3v) is 4.22. The summed E-state index contributed by atoms with van der Waals surface area (Å²) in [7, 11) is -3.80. The lowest BCUT2D eigenvalue weighted by atomic mass is 10.3. The van der Waals surface area contributed by atoms with Crippen LogP contribution in [0.15, 0.2) is 29.2 Å². The first kappa shape index (κ1) is 17.6. The standard InChI is InChI=1S/C13H15N5O5S/c1-8-13(18(20)21)9(2)17(16-8)7-12(19)15-10-3-5-11(6-4-10)24(14,22)23/h3-6H,7H2,1-2H3,(H,15,19)(H2,14,22,23). The molecule has 24 heavy (non-hydrogen) atoms. The fourth-order valence-electron chi connectivity index (χ4n) is 2.17. The van der Waals surface area contributed by atoms with Crippen molar-refractivity contribution in [1.29, 1.82) is 0 Å². The highest BCUT2D eigenvalue weighted by Gasteiger charge is 2.22. The van der Waals surface area contributed by atoms with Crippen molar-refractivity contribution in [2.45, 2.75) is 25.3 Å². The molecule has 0 spiro atoms. The van der Waals surface area contributed by atoms with Crippen LogP contribution in [0.5, 0.6) is 0 Å². The first-order valence-corrected chi connectivity index (χ1v) is 8.25. The average molecular weight is 353 g/mol. The molecular weight excluding hydrogens is 338 g/mol. The lowest BCUT2D eigenvalue weighted by Crippen LogP contribution is -2.20. The number of hydrogen-bond donors (Lipinski definition) is 2. The zero-order valence-electron chi connectivity index (χ0n) is 12.9. The summed E-state index contributed by atoms with van der Waals surface area (Å²) in [6, 6.07) is 5.31. The third kappa shape index (κ3) is 3.75. The molecule has 128 valence electrons. The molecule has 0 aliphatic heterocycles. The molecule has 11 heteroatoms. The van der Waals surface area contributed by atoms with Gasteiger partial charge in [0.1, 0.15) is 17.9 Å². The van der Waals surface area contributed by atoms with E-state index in [0.29, 0.717) is 5.69 Å². The van der Waals surface area contributed by atoms with E-state index in [4.69, 9.17) is 5.14 Å². The van der Waals surface area contributed by atoms with Crippen LogP contribution in [-0.4, -0.2) is 29.0 Å². The van der Waals surface area contributed by atoms with Crippen molar-refractivity contribution in [3.8, 4) is 0 Å². The third-order valence-electron chi connectivity index (χ3n) is 3.29. The van der Waals surface area contributed by atoms with E-state index in [-0.39, 0.29) is 28.5 Å². The van der Waals surface area contributed by atoms with Crippen molar-refractivity contribution in [3.63, 3.8) is 0 Å². The number of nitro groups is 1. The SMILES string of the molecule is Cc1nn(CC(=O)Nc2ccc(S(N)(=O)=O)cc2)c(C)c1[N+](=O)[O-]. The fourth-order valence-corrected chi connectivity index (χ4v) is 2.69. The average Bonchev–Trinajstić information content (AvgIpc) is 2.72. The summed E-state index contributed by atoms with van der Waals surface area (Å²) >= 11 is 0. The number of carbonyl (C=O) groups excluding carboxylic acids is 1. The van der Waals surface area contributed by atoms with Crippen LogP contribution in [0.1, 0.15) is 11.4 Å². The number of hydrogen-bond acceptors (Lipinski definition) is 6. The molecule has 1 aromatic carbocycles. The van der Waals surface area contributed by atoms with E-state index in [0.717, 1.165) is 0 Å². The van der Waals surface area contributed by atoms with Crippen molar-refractivity contribution in [1.82, 2.24) is 9.78 Å². The maximum Gasteiger partial charge on any atom is 0.312 e. The van der Waals surface area contributed by atoms with Crippen LogP contribution in [0, 0.1) is 24.0 Å². The van der Waals surface area contributed by atoms with E-state index < -0.39 is 20.9 Å². The molecule has 1 amide bonds. The molecule has 0 bridgehead atoms. The lowest BCUT2D eigenvalue weighted by molar-refractivity contribution is -0.386. The Balaban J connectivity index is 2.12. The first-order chi connectivity index (χ1) is 11.1. The van der Waals surface area contributed by atoms with Gasteiger partial charge >= 0.3 is 5.69 Å². The number of nitrogens with zero attached hydrogens (tertiary/aromatic N) is 3. The van der Waals surface area contributed by atoms with Crippen LogP contribution < -0.4 is 10.5 Å². The number of anilines is 1. The number of amides is 1. The summed E-state index contributed by atoms with van der Waals surface area (Å²) in [5, 5.41) is 22.5. The second kappa shape index (κ2) is 6.37. The summed E-state index contributed by atoms with van der Waals surface area (Å²) in [5.74, 6) is -0.459. The van der Waals surface area contributed by atoms with Crippen molar-refractivity contribution in [3.05, 3.63) is 45.8 Å². The molecule has 0 aliphatic rings. The first-order valence-electron chi connectivity index (χ1n) is 6.70. The van der Waals surface area contributed by atoms with E-state index in [2.05, 4.69) is 10.4 Å². The Hall–Kier alpha value is -2.79. The van der Waals surface area contributed by atoms with Gasteiger partial charge in [-0.05, 0) is 38.1 Å². The van der Waals surface area contributed by atoms with Crippen LogP contribution in [-0.2, 0) is 21.4 Å². The van der Waals surface area contributed by atoms with E-state index in [1.807, 2.05) is 0 Å². The molecule has 2 aromatic rings. The van der Waals surface area contributed by atoms with E-state index >= 15 is 0 Å². The zero-order valence-corrected chi connectivity index (χ0v) is 13.7. The minimum Gasteiger partial charge on any atom is -0.324 e. The molecule has 0 atom stereocenters. The maximum absolute atomic E-state index is 12.0. The normalized spacial score (nSPS) is 11.3. The summed E-state index contributed by atoms with van der Waals surface area (Å²) in [6.07, 6.45) is 0. The fraction of sp³-hybridized carbons (Fsp3) is 0.231. The highest BCUT2D eigenvalue weighted by Crippen LogP contribution is 2.21. The van der Waals surface area contributed by atoms with E-state index in [9.17, 15) is 23.3 Å². The summed E-state index contributed by atoms with van der Waals surface area (Å²) in [5.41, 5.74) is 0.740. The second-order valence-electron chi connectivity index (χ2n) is 5.05. The monoisotopic (exact) mass is 353 g/mol. The van der Waals surface area contributed by atoms with Gasteiger partial charge in [0, 0.05) is 5.69 Å². The largest absolute Gasteiger partial charge is 0.324 e. The number of primary sulfonamides is 1. The van der Waals surface area contributed by atoms with Crippen molar-refractivity contribution >= 4 is 27.3 Å². The zero-order chi connectivity index (χ0) is 18.1. The van der Waals surface area contributed by atoms with Gasteiger partial charge in [0.25, 0.3) is 0 Å². The van der Waals surface area contributed by atoms with E-state index in [1.165, 1.54) is 42.8 Å². The molecule has 0 unspecified atom stereocenters. The van der Waals surface area contributed by atoms with Gasteiger partial charge in [0.05, 0.1) is 9.82 Å². The topological polar surface area (TPSA) is 150 Å². The number of carbonyl (C=O) groups is 1. The van der Waals surface area contributed by atoms with Gasteiger partial charge < -0.3 is 5.32 Å². The van der Waals surface area contributed by atoms with Gasteiger partial charge in [0.2, 0.25) is 15.9 Å². The van der Waals surface area contributed by atoms with Gasteiger partial charge in [-0.15, -0.1) is 0 Å². The molecule has 10 nitrogen and oxygen atoms in total. The van der Waals surface area contributed by atoms with Crippen LogP contribution in [0.4, 0.5) is 11.4 Å². The Bertz CT molecular complexity index is 902. The highest BCUT2D eigenvalue weighted by atomic mass is 32.2. The molecule has 3 N–H and O–H groups in total. The number of aryl methyl sites for hydroxylation is 1. The molecular formula is C13H15N5O5S. The van der Waals surface area contributed by atoms with Gasteiger partial charge in [-0.25, -0.2) is 13.6 Å². The van der Waals surface area contributed by atoms with Gasteiger partial charge in [0.15, 0.2) is 0 Å². The van der Waals surface area contributed by atoms with Crippen molar-refractivity contribution < 1.29 is 18.1 Å².